The molecule has 0 saturated carbocycles. The molecule has 0 atom stereocenters. The number of carbonyl (C=O) groups is 2. The Bertz CT molecular complexity index is 781. The monoisotopic (exact) mass is 358 g/mol. The molecule has 1 aromatic heterocycles. The Balaban J connectivity index is 1.44. The molecule has 3 rings (SSSR count). The van der Waals surface area contributed by atoms with Crippen molar-refractivity contribution >= 4 is 23.6 Å². The third-order valence-corrected chi connectivity index (χ3v) is 4.09. The number of furan rings is 1. The summed E-state index contributed by atoms with van der Waals surface area (Å²) in [6.45, 7) is 1.64. The predicted molar refractivity (Wildman–Crippen MR) is 93.9 cm³/mol. The first-order valence-corrected chi connectivity index (χ1v) is 8.29. The summed E-state index contributed by atoms with van der Waals surface area (Å²) in [5.41, 5.74) is 0.536. The molecule has 2 aromatic rings. The van der Waals surface area contributed by atoms with Crippen LogP contribution in [0.3, 0.4) is 0 Å². The second kappa shape index (κ2) is 8.33. The lowest BCUT2D eigenvalue weighted by molar-refractivity contribution is -0.148. The number of hydrogen-bond acceptors (Lipinski definition) is 5. The number of rotatable bonds is 5. The molecule has 1 aromatic carbocycles. The largest absolute Gasteiger partial charge is 0.465 e. The maximum atomic E-state index is 13.8. The van der Waals surface area contributed by atoms with Crippen LogP contribution in [0.1, 0.15) is 5.76 Å². The predicted octanol–water partition coefficient (Wildman–Crippen LogP) is 2.32. The molecule has 26 heavy (non-hydrogen) atoms. The van der Waals surface area contributed by atoms with E-state index in [-0.39, 0.29) is 18.3 Å². The SMILES string of the molecule is O=C(/C=C/c1ccco1)OCC(=O)N1CCN(c2ccccc2F)CC1. The van der Waals surface area contributed by atoms with E-state index in [4.69, 9.17) is 9.15 Å². The van der Waals surface area contributed by atoms with Crippen molar-refractivity contribution in [3.8, 4) is 0 Å². The van der Waals surface area contributed by atoms with E-state index < -0.39 is 5.97 Å². The number of hydrogen-bond donors (Lipinski definition) is 0. The number of benzene rings is 1. The van der Waals surface area contributed by atoms with E-state index in [9.17, 15) is 14.0 Å². The number of carbonyl (C=O) groups excluding carboxylic acids is 2. The van der Waals surface area contributed by atoms with Crippen LogP contribution in [0.4, 0.5) is 10.1 Å². The minimum absolute atomic E-state index is 0.266. The van der Waals surface area contributed by atoms with Gasteiger partial charge in [-0.3, -0.25) is 4.79 Å². The standard InChI is InChI=1S/C19H19FN2O4/c20-16-5-1-2-6-17(16)21-9-11-22(12-10-21)18(23)14-26-19(24)8-7-15-4-3-13-25-15/h1-8,13H,9-12,14H2/b8-7+. The highest BCUT2D eigenvalue weighted by Gasteiger charge is 2.23. The lowest BCUT2D eigenvalue weighted by atomic mass is 10.2. The zero-order valence-electron chi connectivity index (χ0n) is 14.1. The molecule has 0 unspecified atom stereocenters. The Morgan fingerprint density at radius 2 is 1.88 bits per heavy atom. The number of halogens is 1. The summed E-state index contributed by atoms with van der Waals surface area (Å²) in [6.07, 6.45) is 4.18. The number of anilines is 1. The van der Waals surface area contributed by atoms with E-state index in [0.29, 0.717) is 37.6 Å². The summed E-state index contributed by atoms with van der Waals surface area (Å²) in [5, 5.41) is 0. The van der Waals surface area contributed by atoms with Gasteiger partial charge in [-0.1, -0.05) is 12.1 Å². The van der Waals surface area contributed by atoms with E-state index in [1.54, 1.807) is 35.2 Å². The fourth-order valence-corrected chi connectivity index (χ4v) is 2.71. The minimum Gasteiger partial charge on any atom is -0.465 e. The maximum absolute atomic E-state index is 13.8. The van der Waals surface area contributed by atoms with Crippen LogP contribution in [0.2, 0.25) is 0 Å². The maximum Gasteiger partial charge on any atom is 0.331 e. The lowest BCUT2D eigenvalue weighted by Crippen LogP contribution is -2.50. The fourth-order valence-electron chi connectivity index (χ4n) is 2.71. The summed E-state index contributed by atoms with van der Waals surface area (Å²) in [7, 11) is 0. The third-order valence-electron chi connectivity index (χ3n) is 4.09. The van der Waals surface area contributed by atoms with Gasteiger partial charge in [0.15, 0.2) is 6.61 Å². The van der Waals surface area contributed by atoms with Gasteiger partial charge in [0.25, 0.3) is 5.91 Å². The molecular weight excluding hydrogens is 339 g/mol. The summed E-state index contributed by atoms with van der Waals surface area (Å²) < 4.78 is 23.8. The molecule has 6 nitrogen and oxygen atoms in total. The zero-order chi connectivity index (χ0) is 18.4. The Hall–Kier alpha value is -3.09. The summed E-state index contributed by atoms with van der Waals surface area (Å²) >= 11 is 0. The first-order chi connectivity index (χ1) is 12.6. The molecular formula is C19H19FN2O4. The molecule has 0 N–H and O–H groups in total. The van der Waals surface area contributed by atoms with E-state index >= 15 is 0 Å². The smallest absolute Gasteiger partial charge is 0.331 e. The third kappa shape index (κ3) is 4.50. The van der Waals surface area contributed by atoms with Crippen molar-refractivity contribution in [2.24, 2.45) is 0 Å². The fraction of sp³-hybridized carbons (Fsp3) is 0.263. The molecule has 0 radical (unpaired) electrons. The van der Waals surface area contributed by atoms with Crippen molar-refractivity contribution in [3.05, 3.63) is 60.3 Å². The summed E-state index contributed by atoms with van der Waals surface area (Å²) in [4.78, 5) is 27.3. The van der Waals surface area contributed by atoms with Crippen molar-refractivity contribution in [1.29, 1.82) is 0 Å². The average molecular weight is 358 g/mol. The summed E-state index contributed by atoms with van der Waals surface area (Å²) in [6, 6.07) is 9.97. The average Bonchev–Trinajstić information content (AvgIpc) is 3.18. The van der Waals surface area contributed by atoms with Crippen LogP contribution in [0.5, 0.6) is 0 Å². The Labute approximate surface area is 150 Å². The van der Waals surface area contributed by atoms with Crippen LogP contribution in [-0.4, -0.2) is 49.6 Å². The van der Waals surface area contributed by atoms with Crippen molar-refractivity contribution in [2.45, 2.75) is 0 Å². The van der Waals surface area contributed by atoms with Crippen molar-refractivity contribution < 1.29 is 23.1 Å². The van der Waals surface area contributed by atoms with E-state index in [1.807, 2.05) is 4.90 Å². The van der Waals surface area contributed by atoms with Gasteiger partial charge >= 0.3 is 5.97 Å². The first-order valence-electron chi connectivity index (χ1n) is 8.29. The Morgan fingerprint density at radius 1 is 1.12 bits per heavy atom. The zero-order valence-corrected chi connectivity index (χ0v) is 14.1. The highest BCUT2D eigenvalue weighted by atomic mass is 19.1. The van der Waals surface area contributed by atoms with Gasteiger partial charge in [-0.05, 0) is 30.3 Å². The van der Waals surface area contributed by atoms with Crippen LogP contribution in [-0.2, 0) is 14.3 Å². The van der Waals surface area contributed by atoms with Crippen LogP contribution in [0, 0.1) is 5.82 Å². The van der Waals surface area contributed by atoms with Gasteiger partial charge in [-0.25, -0.2) is 9.18 Å². The second-order valence-corrected chi connectivity index (χ2v) is 5.78. The van der Waals surface area contributed by atoms with Gasteiger partial charge in [0, 0.05) is 32.3 Å². The van der Waals surface area contributed by atoms with Gasteiger partial charge in [-0.2, -0.15) is 0 Å². The van der Waals surface area contributed by atoms with Crippen LogP contribution >= 0.6 is 0 Å². The number of piperazine rings is 1. The van der Waals surface area contributed by atoms with Gasteiger partial charge in [0.1, 0.15) is 11.6 Å². The van der Waals surface area contributed by atoms with E-state index in [0.717, 1.165) is 0 Å². The van der Waals surface area contributed by atoms with Gasteiger partial charge in [0.05, 0.1) is 12.0 Å². The number of para-hydroxylation sites is 1. The quantitative estimate of drug-likeness (QED) is 0.606. The van der Waals surface area contributed by atoms with Crippen LogP contribution < -0.4 is 4.90 Å². The molecule has 0 aliphatic carbocycles. The van der Waals surface area contributed by atoms with Crippen molar-refractivity contribution in [3.63, 3.8) is 0 Å². The number of ether oxygens (including phenoxy) is 1. The number of esters is 1. The van der Waals surface area contributed by atoms with E-state index in [2.05, 4.69) is 0 Å². The minimum atomic E-state index is -0.611. The molecule has 1 aliphatic heterocycles. The molecule has 1 fully saturated rings. The van der Waals surface area contributed by atoms with Crippen molar-refractivity contribution in [1.82, 2.24) is 4.90 Å². The topological polar surface area (TPSA) is 63.0 Å². The van der Waals surface area contributed by atoms with Gasteiger partial charge in [-0.15, -0.1) is 0 Å². The van der Waals surface area contributed by atoms with E-state index in [1.165, 1.54) is 24.5 Å². The second-order valence-electron chi connectivity index (χ2n) is 5.78. The molecule has 2 heterocycles. The first kappa shape index (κ1) is 17.7. The molecule has 1 amide bonds. The van der Waals surface area contributed by atoms with Gasteiger partial charge in [0.2, 0.25) is 0 Å². The van der Waals surface area contributed by atoms with Gasteiger partial charge < -0.3 is 19.0 Å². The number of nitrogens with zero attached hydrogens (tertiary/aromatic N) is 2. The molecule has 7 heteroatoms. The highest BCUT2D eigenvalue weighted by molar-refractivity contribution is 5.89. The Kier molecular flexibility index (Phi) is 5.68. The lowest BCUT2D eigenvalue weighted by Gasteiger charge is -2.36. The van der Waals surface area contributed by atoms with Crippen molar-refractivity contribution in [2.75, 3.05) is 37.7 Å². The normalized spacial score (nSPS) is 14.7. The molecule has 1 aliphatic rings. The Morgan fingerprint density at radius 3 is 2.58 bits per heavy atom. The van der Waals surface area contributed by atoms with Crippen LogP contribution in [0.15, 0.2) is 53.2 Å². The molecule has 136 valence electrons. The highest BCUT2D eigenvalue weighted by Crippen LogP contribution is 2.20. The molecule has 0 bridgehead atoms. The van der Waals surface area contributed by atoms with Crippen LogP contribution in [0.25, 0.3) is 6.08 Å². The molecule has 0 spiro atoms. The summed E-state index contributed by atoms with van der Waals surface area (Å²) in [5.74, 6) is -0.625. The molecule has 1 saturated heterocycles. The number of amides is 1.